The van der Waals surface area contributed by atoms with Crippen molar-refractivity contribution in [3.8, 4) is 0 Å². The molecule has 2 rings (SSSR count). The molecule has 5 heteroatoms. The fourth-order valence-corrected chi connectivity index (χ4v) is 3.26. The molecule has 1 saturated heterocycles. The number of amides is 2. The summed E-state index contributed by atoms with van der Waals surface area (Å²) in [5.41, 5.74) is 0. The first-order chi connectivity index (χ1) is 8.99. The smallest absolute Gasteiger partial charge is 0.227 e. The summed E-state index contributed by atoms with van der Waals surface area (Å²) in [4.78, 5) is 27.8. The number of carbonyl (C=O) groups excluding carboxylic acids is 2. The summed E-state index contributed by atoms with van der Waals surface area (Å²) in [6.45, 7) is 4.59. The molecule has 2 amide bonds. The Morgan fingerprint density at radius 2 is 2.26 bits per heavy atom. The van der Waals surface area contributed by atoms with Crippen molar-refractivity contribution in [3.05, 3.63) is 21.9 Å². The second-order valence-electron chi connectivity index (χ2n) is 5.11. The van der Waals surface area contributed by atoms with E-state index in [2.05, 4.69) is 24.4 Å². The molecule has 2 heterocycles. The highest BCUT2D eigenvalue weighted by atomic mass is 32.1. The van der Waals surface area contributed by atoms with Crippen LogP contribution in [0.25, 0.3) is 0 Å². The van der Waals surface area contributed by atoms with Crippen LogP contribution in [-0.2, 0) is 9.59 Å². The van der Waals surface area contributed by atoms with E-state index in [1.165, 1.54) is 9.75 Å². The lowest BCUT2D eigenvalue weighted by molar-refractivity contribution is -0.138. The van der Waals surface area contributed by atoms with Crippen molar-refractivity contribution in [1.29, 1.82) is 0 Å². The molecule has 104 valence electrons. The number of hydrogen-bond acceptors (Lipinski definition) is 3. The van der Waals surface area contributed by atoms with E-state index in [1.807, 2.05) is 14.0 Å². The summed E-state index contributed by atoms with van der Waals surface area (Å²) in [5, 5.41) is 2.77. The summed E-state index contributed by atoms with van der Waals surface area (Å²) in [6.07, 6.45) is 1.11. The highest BCUT2D eigenvalue weighted by Crippen LogP contribution is 2.28. The van der Waals surface area contributed by atoms with Gasteiger partial charge in [0.25, 0.3) is 0 Å². The Balaban J connectivity index is 2.00. The third kappa shape index (κ3) is 3.15. The fraction of sp³-hybridized carbons (Fsp3) is 0.571. The molecule has 1 aliphatic rings. The van der Waals surface area contributed by atoms with Crippen LogP contribution in [0.4, 0.5) is 0 Å². The zero-order valence-corrected chi connectivity index (χ0v) is 12.4. The van der Waals surface area contributed by atoms with Gasteiger partial charge in [-0.3, -0.25) is 9.59 Å². The Kier molecular flexibility index (Phi) is 4.24. The first-order valence-corrected chi connectivity index (χ1v) is 7.40. The molecular weight excluding hydrogens is 260 g/mol. The van der Waals surface area contributed by atoms with Crippen LogP contribution < -0.4 is 5.32 Å². The van der Waals surface area contributed by atoms with Gasteiger partial charge in [0.1, 0.15) is 0 Å². The first kappa shape index (κ1) is 14.1. The quantitative estimate of drug-likeness (QED) is 0.922. The summed E-state index contributed by atoms with van der Waals surface area (Å²) in [5.74, 6) is 0.0957. The Morgan fingerprint density at radius 1 is 1.53 bits per heavy atom. The first-order valence-electron chi connectivity index (χ1n) is 6.58. The van der Waals surface area contributed by atoms with Crippen molar-refractivity contribution in [3.63, 3.8) is 0 Å². The Hall–Kier alpha value is -1.36. The lowest BCUT2D eigenvalue weighted by Gasteiger charge is -2.30. The number of rotatable bonds is 3. The van der Waals surface area contributed by atoms with Crippen LogP contribution in [0.3, 0.4) is 0 Å². The van der Waals surface area contributed by atoms with E-state index in [-0.39, 0.29) is 23.8 Å². The van der Waals surface area contributed by atoms with E-state index < -0.39 is 0 Å². The van der Waals surface area contributed by atoms with Crippen LogP contribution in [0.1, 0.15) is 35.6 Å². The van der Waals surface area contributed by atoms with E-state index in [0.29, 0.717) is 19.4 Å². The third-order valence-electron chi connectivity index (χ3n) is 3.72. The molecular formula is C14H20N2O2S. The zero-order chi connectivity index (χ0) is 14.0. The van der Waals surface area contributed by atoms with Gasteiger partial charge >= 0.3 is 0 Å². The standard InChI is InChI=1S/C14H20N2O2S/c1-9-4-6-12(19-9)10(2)16(3)14(18)11-5-7-13(17)15-8-11/h4,6,10-11H,5,7-8H2,1-3H3,(H,15,17). The third-order valence-corrected chi connectivity index (χ3v) is 4.89. The minimum Gasteiger partial charge on any atom is -0.355 e. The fourth-order valence-electron chi connectivity index (χ4n) is 2.29. The normalized spacial score (nSPS) is 20.8. The van der Waals surface area contributed by atoms with Crippen LogP contribution in [-0.4, -0.2) is 30.3 Å². The minimum absolute atomic E-state index is 0.0497. The number of nitrogens with one attached hydrogen (secondary N) is 1. The van der Waals surface area contributed by atoms with Gasteiger partial charge in [-0.1, -0.05) is 0 Å². The second-order valence-corrected chi connectivity index (χ2v) is 6.43. The van der Waals surface area contributed by atoms with E-state index >= 15 is 0 Å². The molecule has 1 aromatic rings. The van der Waals surface area contributed by atoms with E-state index in [1.54, 1.807) is 16.2 Å². The molecule has 0 bridgehead atoms. The summed E-state index contributed by atoms with van der Waals surface area (Å²) >= 11 is 1.72. The van der Waals surface area contributed by atoms with E-state index in [0.717, 1.165) is 0 Å². The lowest BCUT2D eigenvalue weighted by Crippen LogP contribution is -2.44. The van der Waals surface area contributed by atoms with Gasteiger partial charge in [-0.2, -0.15) is 0 Å². The van der Waals surface area contributed by atoms with Gasteiger partial charge in [-0.15, -0.1) is 11.3 Å². The van der Waals surface area contributed by atoms with Gasteiger partial charge in [0, 0.05) is 29.8 Å². The molecule has 4 nitrogen and oxygen atoms in total. The lowest BCUT2D eigenvalue weighted by atomic mass is 9.97. The molecule has 19 heavy (non-hydrogen) atoms. The molecule has 0 saturated carbocycles. The average molecular weight is 280 g/mol. The Labute approximate surface area is 117 Å². The van der Waals surface area contributed by atoms with Crippen molar-refractivity contribution >= 4 is 23.2 Å². The minimum atomic E-state index is -0.0776. The van der Waals surface area contributed by atoms with Crippen molar-refractivity contribution in [1.82, 2.24) is 10.2 Å². The van der Waals surface area contributed by atoms with Gasteiger partial charge in [0.2, 0.25) is 11.8 Å². The predicted molar refractivity (Wildman–Crippen MR) is 76.0 cm³/mol. The summed E-state index contributed by atoms with van der Waals surface area (Å²) < 4.78 is 0. The Morgan fingerprint density at radius 3 is 2.79 bits per heavy atom. The molecule has 1 aromatic heterocycles. The Bertz CT molecular complexity index is 474. The van der Waals surface area contributed by atoms with Gasteiger partial charge in [0.05, 0.1) is 12.0 Å². The SMILES string of the molecule is Cc1ccc(C(C)N(C)C(=O)C2CCC(=O)NC2)s1. The molecule has 1 N–H and O–H groups in total. The van der Waals surface area contributed by atoms with Crippen molar-refractivity contribution < 1.29 is 9.59 Å². The highest BCUT2D eigenvalue weighted by Gasteiger charge is 2.29. The molecule has 0 radical (unpaired) electrons. The largest absolute Gasteiger partial charge is 0.355 e. The molecule has 1 fully saturated rings. The topological polar surface area (TPSA) is 49.4 Å². The van der Waals surface area contributed by atoms with E-state index in [4.69, 9.17) is 0 Å². The number of aryl methyl sites for hydroxylation is 1. The molecule has 2 unspecified atom stereocenters. The van der Waals surface area contributed by atoms with Crippen LogP contribution in [0.5, 0.6) is 0 Å². The zero-order valence-electron chi connectivity index (χ0n) is 11.6. The van der Waals surface area contributed by atoms with Crippen LogP contribution in [0, 0.1) is 12.8 Å². The van der Waals surface area contributed by atoms with Gasteiger partial charge in [-0.05, 0) is 32.4 Å². The van der Waals surface area contributed by atoms with Crippen molar-refractivity contribution in [2.75, 3.05) is 13.6 Å². The number of carbonyl (C=O) groups is 2. The van der Waals surface area contributed by atoms with Crippen molar-refractivity contribution in [2.24, 2.45) is 5.92 Å². The van der Waals surface area contributed by atoms with Gasteiger partial charge < -0.3 is 10.2 Å². The van der Waals surface area contributed by atoms with Gasteiger partial charge in [0.15, 0.2) is 0 Å². The summed E-state index contributed by atoms with van der Waals surface area (Å²) in [6, 6.07) is 4.25. The molecule has 0 aromatic carbocycles. The molecule has 1 aliphatic heterocycles. The van der Waals surface area contributed by atoms with Crippen molar-refractivity contribution in [2.45, 2.75) is 32.7 Å². The molecule has 0 aliphatic carbocycles. The number of nitrogens with zero attached hydrogens (tertiary/aromatic N) is 1. The number of hydrogen-bond donors (Lipinski definition) is 1. The average Bonchev–Trinajstić information content (AvgIpc) is 2.84. The maximum Gasteiger partial charge on any atom is 0.227 e. The predicted octanol–water partition coefficient (Wildman–Crippen LogP) is 2.10. The second kappa shape index (κ2) is 5.74. The monoisotopic (exact) mass is 280 g/mol. The molecule has 0 spiro atoms. The van der Waals surface area contributed by atoms with Gasteiger partial charge in [-0.25, -0.2) is 0 Å². The maximum absolute atomic E-state index is 12.4. The summed E-state index contributed by atoms with van der Waals surface area (Å²) in [7, 11) is 1.85. The van der Waals surface area contributed by atoms with Crippen LogP contribution in [0.2, 0.25) is 0 Å². The van der Waals surface area contributed by atoms with Crippen LogP contribution in [0.15, 0.2) is 12.1 Å². The molecule has 2 atom stereocenters. The number of thiophene rings is 1. The highest BCUT2D eigenvalue weighted by molar-refractivity contribution is 7.12. The van der Waals surface area contributed by atoms with E-state index in [9.17, 15) is 9.59 Å². The van der Waals surface area contributed by atoms with Crippen LogP contribution >= 0.6 is 11.3 Å². The maximum atomic E-state index is 12.4. The number of piperidine rings is 1.